The smallest absolute Gasteiger partial charge is 0.281 e. The van der Waals surface area contributed by atoms with Gasteiger partial charge in [-0.25, -0.2) is 5.43 Å². The number of anilines is 1. The highest BCUT2D eigenvalue weighted by Gasteiger charge is 2.13. The van der Waals surface area contributed by atoms with Gasteiger partial charge < -0.3 is 9.64 Å². The number of rotatable bonds is 5. The van der Waals surface area contributed by atoms with E-state index in [1.54, 1.807) is 18.3 Å². The first-order valence-electron chi connectivity index (χ1n) is 9.04. The number of hydrazone groups is 1. The highest BCUT2D eigenvalue weighted by molar-refractivity contribution is 7.20. The van der Waals surface area contributed by atoms with Crippen LogP contribution in [0.1, 0.15) is 15.2 Å². The minimum absolute atomic E-state index is 0.000745. The average molecular weight is 410 g/mol. The molecule has 0 unspecified atom stereocenters. The van der Waals surface area contributed by atoms with E-state index in [1.807, 2.05) is 24.3 Å². The van der Waals surface area contributed by atoms with Crippen LogP contribution in [0.25, 0.3) is 10.1 Å². The average Bonchev–Trinajstić information content (AvgIpc) is 3.18. The van der Waals surface area contributed by atoms with Crippen molar-refractivity contribution in [2.24, 2.45) is 5.10 Å². The molecule has 9 heteroatoms. The number of nitrogens with zero attached hydrogens (tertiary/aromatic N) is 3. The van der Waals surface area contributed by atoms with Gasteiger partial charge in [0.05, 0.1) is 29.2 Å². The normalized spacial score (nSPS) is 14.4. The van der Waals surface area contributed by atoms with Crippen molar-refractivity contribution in [1.29, 1.82) is 0 Å². The van der Waals surface area contributed by atoms with Gasteiger partial charge in [0.1, 0.15) is 0 Å². The Morgan fingerprint density at radius 3 is 2.66 bits per heavy atom. The Labute approximate surface area is 170 Å². The number of amides is 1. The van der Waals surface area contributed by atoms with Gasteiger partial charge in [0, 0.05) is 41.0 Å². The highest BCUT2D eigenvalue weighted by atomic mass is 32.1. The zero-order chi connectivity index (χ0) is 20.2. The molecule has 0 atom stereocenters. The number of hydrogen-bond donors (Lipinski definition) is 1. The molecule has 1 N–H and O–H groups in total. The fraction of sp³-hybridized carbons (Fsp3) is 0.200. The number of ether oxygens (including phenoxy) is 1. The third kappa shape index (κ3) is 4.41. The number of nitrogens with one attached hydrogen (secondary N) is 1. The van der Waals surface area contributed by atoms with Crippen molar-refractivity contribution in [3.05, 3.63) is 69.1 Å². The van der Waals surface area contributed by atoms with Crippen LogP contribution in [-0.2, 0) is 4.74 Å². The van der Waals surface area contributed by atoms with Crippen LogP contribution >= 0.6 is 11.3 Å². The SMILES string of the molecule is O=C(N/N=C\c1ccc(N2CCOCC2)cc1)c1cc2cc([N+](=O)[O-])ccc2s1. The molecule has 2 heterocycles. The second-order valence-electron chi connectivity index (χ2n) is 6.48. The number of carbonyl (C=O) groups is 1. The Hall–Kier alpha value is -3.30. The molecule has 1 aliphatic rings. The minimum atomic E-state index is -0.453. The quantitative estimate of drug-likeness (QED) is 0.395. The number of nitro benzene ring substituents is 1. The van der Waals surface area contributed by atoms with Crippen molar-refractivity contribution in [3.8, 4) is 0 Å². The Bertz CT molecular complexity index is 1070. The summed E-state index contributed by atoms with van der Waals surface area (Å²) in [5, 5.41) is 15.6. The highest BCUT2D eigenvalue weighted by Crippen LogP contribution is 2.28. The van der Waals surface area contributed by atoms with Gasteiger partial charge in [-0.05, 0) is 29.8 Å². The third-order valence-electron chi connectivity index (χ3n) is 4.58. The Morgan fingerprint density at radius 2 is 1.93 bits per heavy atom. The third-order valence-corrected chi connectivity index (χ3v) is 5.70. The van der Waals surface area contributed by atoms with E-state index in [1.165, 1.54) is 23.5 Å². The van der Waals surface area contributed by atoms with Crippen molar-refractivity contribution < 1.29 is 14.5 Å². The van der Waals surface area contributed by atoms with Crippen LogP contribution in [0, 0.1) is 10.1 Å². The molecule has 29 heavy (non-hydrogen) atoms. The van der Waals surface area contributed by atoms with Gasteiger partial charge in [-0.1, -0.05) is 12.1 Å². The molecular formula is C20H18N4O4S. The standard InChI is InChI=1S/C20H18N4O4S/c25-20(19-12-15-11-17(24(26)27)5-6-18(15)29-19)22-21-13-14-1-3-16(4-2-14)23-7-9-28-10-8-23/h1-6,11-13H,7-10H2,(H,22,25)/b21-13-. The molecule has 3 aromatic rings. The summed E-state index contributed by atoms with van der Waals surface area (Å²) in [6.07, 6.45) is 1.58. The van der Waals surface area contributed by atoms with Crippen LogP contribution in [0.2, 0.25) is 0 Å². The summed E-state index contributed by atoms with van der Waals surface area (Å²) < 4.78 is 6.17. The molecule has 1 amide bonds. The van der Waals surface area contributed by atoms with Gasteiger partial charge >= 0.3 is 0 Å². The lowest BCUT2D eigenvalue weighted by Crippen LogP contribution is -2.36. The molecule has 1 fully saturated rings. The fourth-order valence-electron chi connectivity index (χ4n) is 3.07. The summed E-state index contributed by atoms with van der Waals surface area (Å²) >= 11 is 1.27. The van der Waals surface area contributed by atoms with Crippen LogP contribution in [0.15, 0.2) is 53.6 Å². The van der Waals surface area contributed by atoms with E-state index in [4.69, 9.17) is 4.74 Å². The molecule has 0 saturated carbocycles. The predicted octanol–water partition coefficient (Wildman–Crippen LogP) is 3.41. The Kier molecular flexibility index (Phi) is 5.50. The van der Waals surface area contributed by atoms with Crippen LogP contribution < -0.4 is 10.3 Å². The van der Waals surface area contributed by atoms with E-state index < -0.39 is 4.92 Å². The lowest BCUT2D eigenvalue weighted by molar-refractivity contribution is -0.384. The van der Waals surface area contributed by atoms with Gasteiger partial charge in [-0.3, -0.25) is 14.9 Å². The van der Waals surface area contributed by atoms with Crippen molar-refractivity contribution in [2.75, 3.05) is 31.2 Å². The van der Waals surface area contributed by atoms with Gasteiger partial charge in [-0.15, -0.1) is 11.3 Å². The first-order chi connectivity index (χ1) is 14.1. The number of thiophene rings is 1. The summed E-state index contributed by atoms with van der Waals surface area (Å²) in [4.78, 5) is 25.4. The van der Waals surface area contributed by atoms with Crippen molar-refractivity contribution >= 4 is 44.9 Å². The van der Waals surface area contributed by atoms with Crippen molar-refractivity contribution in [3.63, 3.8) is 0 Å². The van der Waals surface area contributed by atoms with Gasteiger partial charge in [0.2, 0.25) is 0 Å². The lowest BCUT2D eigenvalue weighted by Gasteiger charge is -2.28. The van der Waals surface area contributed by atoms with Crippen LogP contribution in [0.3, 0.4) is 0 Å². The van der Waals surface area contributed by atoms with E-state index in [2.05, 4.69) is 15.4 Å². The molecule has 1 aliphatic heterocycles. The monoisotopic (exact) mass is 410 g/mol. The number of benzene rings is 2. The first-order valence-corrected chi connectivity index (χ1v) is 9.86. The molecule has 0 bridgehead atoms. The molecule has 1 saturated heterocycles. The number of fused-ring (bicyclic) bond motifs is 1. The molecule has 1 aromatic heterocycles. The molecule has 0 aliphatic carbocycles. The Balaban J connectivity index is 1.39. The van der Waals surface area contributed by atoms with Crippen LogP contribution in [0.5, 0.6) is 0 Å². The van der Waals surface area contributed by atoms with Crippen molar-refractivity contribution in [2.45, 2.75) is 0 Å². The van der Waals surface area contributed by atoms with Crippen molar-refractivity contribution in [1.82, 2.24) is 5.43 Å². The van der Waals surface area contributed by atoms with Gasteiger partial charge in [0.15, 0.2) is 0 Å². The second-order valence-corrected chi connectivity index (χ2v) is 7.56. The van der Waals surface area contributed by atoms with Crippen LogP contribution in [-0.4, -0.2) is 43.3 Å². The van der Waals surface area contributed by atoms with E-state index in [-0.39, 0.29) is 11.6 Å². The number of morpholine rings is 1. The number of nitro groups is 1. The maximum atomic E-state index is 12.3. The van der Waals surface area contributed by atoms with E-state index in [9.17, 15) is 14.9 Å². The number of hydrogen-bond acceptors (Lipinski definition) is 7. The number of carbonyl (C=O) groups excluding carboxylic acids is 1. The summed E-state index contributed by atoms with van der Waals surface area (Å²) in [7, 11) is 0. The van der Waals surface area contributed by atoms with E-state index >= 15 is 0 Å². The maximum absolute atomic E-state index is 12.3. The van der Waals surface area contributed by atoms with E-state index in [0.29, 0.717) is 10.3 Å². The van der Waals surface area contributed by atoms with Gasteiger partial charge in [0.25, 0.3) is 11.6 Å². The molecule has 148 valence electrons. The van der Waals surface area contributed by atoms with Crippen LogP contribution in [0.4, 0.5) is 11.4 Å². The predicted molar refractivity (Wildman–Crippen MR) is 113 cm³/mol. The zero-order valence-corrected chi connectivity index (χ0v) is 16.2. The molecule has 0 radical (unpaired) electrons. The molecule has 8 nitrogen and oxygen atoms in total. The maximum Gasteiger partial charge on any atom is 0.281 e. The molecule has 4 rings (SSSR count). The summed E-state index contributed by atoms with van der Waals surface area (Å²) in [6, 6.07) is 14.1. The van der Waals surface area contributed by atoms with E-state index in [0.717, 1.165) is 42.3 Å². The largest absolute Gasteiger partial charge is 0.378 e. The minimum Gasteiger partial charge on any atom is -0.378 e. The summed E-state index contributed by atoms with van der Waals surface area (Å²) in [5.41, 5.74) is 4.51. The lowest BCUT2D eigenvalue weighted by atomic mass is 10.2. The summed E-state index contributed by atoms with van der Waals surface area (Å²) in [6.45, 7) is 3.23. The molecule has 2 aromatic carbocycles. The first kappa shape index (κ1) is 19.0. The zero-order valence-electron chi connectivity index (χ0n) is 15.4. The molecule has 0 spiro atoms. The molecular weight excluding hydrogens is 392 g/mol. The topological polar surface area (TPSA) is 97.1 Å². The number of non-ortho nitro benzene ring substituents is 1. The Morgan fingerprint density at radius 1 is 1.17 bits per heavy atom. The van der Waals surface area contributed by atoms with Gasteiger partial charge in [-0.2, -0.15) is 5.10 Å². The fourth-order valence-corrected chi connectivity index (χ4v) is 4.00. The second kappa shape index (κ2) is 8.38. The summed E-state index contributed by atoms with van der Waals surface area (Å²) in [5.74, 6) is -0.352.